The van der Waals surface area contributed by atoms with Crippen LogP contribution < -0.4 is 0 Å². The number of nitrogens with zero attached hydrogens (tertiary/aromatic N) is 1. The number of aliphatic carboxylic acids is 2. The predicted molar refractivity (Wildman–Crippen MR) is 81.9 cm³/mol. The standard InChI is InChI=1S/C14H19NO2.C2H2O4/c1-11(14(16)17-2)9-15-8-7-12-5-3-4-6-13(12)10-15;3-1(4)2(5)6/h3-6,11H,7-10H2,1-2H3;(H,3,4)(H,5,6). The quantitative estimate of drug-likeness (QED) is 0.632. The summed E-state index contributed by atoms with van der Waals surface area (Å²) in [6.07, 6.45) is 1.07. The number of fused-ring (bicyclic) bond motifs is 1. The molecule has 0 spiro atoms. The van der Waals surface area contributed by atoms with Crippen LogP contribution in [0.3, 0.4) is 0 Å². The average Bonchev–Trinajstić information content (AvgIpc) is 2.54. The highest BCUT2D eigenvalue weighted by atomic mass is 16.5. The highest BCUT2D eigenvalue weighted by molar-refractivity contribution is 6.27. The molecule has 0 aliphatic carbocycles. The molecule has 0 aromatic heterocycles. The van der Waals surface area contributed by atoms with Gasteiger partial charge in [-0.15, -0.1) is 0 Å². The second kappa shape index (κ2) is 8.89. The maximum Gasteiger partial charge on any atom is 0.414 e. The fraction of sp³-hybridized carbons (Fsp3) is 0.438. The van der Waals surface area contributed by atoms with Gasteiger partial charge in [0.15, 0.2) is 0 Å². The lowest BCUT2D eigenvalue weighted by Crippen LogP contribution is -2.36. The summed E-state index contributed by atoms with van der Waals surface area (Å²) in [4.78, 5) is 31.9. The first-order valence-electron chi connectivity index (χ1n) is 7.18. The number of esters is 1. The molecule has 1 unspecified atom stereocenters. The van der Waals surface area contributed by atoms with E-state index in [0.717, 1.165) is 26.1 Å². The zero-order chi connectivity index (χ0) is 17.4. The van der Waals surface area contributed by atoms with Crippen LogP contribution in [0.5, 0.6) is 0 Å². The van der Waals surface area contributed by atoms with E-state index < -0.39 is 11.9 Å². The van der Waals surface area contributed by atoms with Crippen LogP contribution in [0, 0.1) is 5.92 Å². The van der Waals surface area contributed by atoms with Crippen molar-refractivity contribution in [1.82, 2.24) is 4.90 Å². The molecular weight excluding hydrogens is 302 g/mol. The van der Waals surface area contributed by atoms with E-state index in [2.05, 4.69) is 29.2 Å². The van der Waals surface area contributed by atoms with Crippen molar-refractivity contribution in [2.45, 2.75) is 19.9 Å². The van der Waals surface area contributed by atoms with Gasteiger partial charge in [-0.25, -0.2) is 9.59 Å². The molecule has 1 atom stereocenters. The van der Waals surface area contributed by atoms with Crippen molar-refractivity contribution < 1.29 is 29.3 Å². The molecule has 0 bridgehead atoms. The van der Waals surface area contributed by atoms with Crippen LogP contribution in [0.4, 0.5) is 0 Å². The number of carbonyl (C=O) groups is 3. The van der Waals surface area contributed by atoms with Crippen molar-refractivity contribution in [2.75, 3.05) is 20.2 Å². The van der Waals surface area contributed by atoms with E-state index in [4.69, 9.17) is 24.5 Å². The molecule has 7 heteroatoms. The molecule has 0 amide bonds. The molecule has 0 fully saturated rings. The molecule has 2 rings (SSSR count). The van der Waals surface area contributed by atoms with E-state index >= 15 is 0 Å². The van der Waals surface area contributed by atoms with Crippen molar-refractivity contribution >= 4 is 17.9 Å². The smallest absolute Gasteiger partial charge is 0.414 e. The van der Waals surface area contributed by atoms with Crippen molar-refractivity contribution in [3.05, 3.63) is 35.4 Å². The minimum absolute atomic E-state index is 0.0507. The summed E-state index contributed by atoms with van der Waals surface area (Å²) in [5.41, 5.74) is 2.82. The number of ether oxygens (including phenoxy) is 1. The van der Waals surface area contributed by atoms with Gasteiger partial charge in [-0.1, -0.05) is 31.2 Å². The molecule has 0 saturated carbocycles. The number of hydrogen-bond donors (Lipinski definition) is 2. The summed E-state index contributed by atoms with van der Waals surface area (Å²) in [6.45, 7) is 4.67. The monoisotopic (exact) mass is 323 g/mol. The number of carboxylic acids is 2. The van der Waals surface area contributed by atoms with Crippen molar-refractivity contribution in [3.8, 4) is 0 Å². The Balaban J connectivity index is 0.000000379. The maximum absolute atomic E-state index is 11.4. The lowest BCUT2D eigenvalue weighted by atomic mass is 9.99. The Labute approximate surface area is 134 Å². The summed E-state index contributed by atoms with van der Waals surface area (Å²) in [6, 6.07) is 8.53. The minimum atomic E-state index is -1.82. The molecule has 126 valence electrons. The summed E-state index contributed by atoms with van der Waals surface area (Å²) < 4.78 is 4.76. The van der Waals surface area contributed by atoms with Crippen LogP contribution >= 0.6 is 0 Å². The summed E-state index contributed by atoms with van der Waals surface area (Å²) in [7, 11) is 1.45. The van der Waals surface area contributed by atoms with E-state index in [0.29, 0.717) is 0 Å². The number of rotatable bonds is 3. The van der Waals surface area contributed by atoms with Crippen molar-refractivity contribution in [2.24, 2.45) is 5.92 Å². The van der Waals surface area contributed by atoms with E-state index in [9.17, 15) is 4.79 Å². The molecule has 23 heavy (non-hydrogen) atoms. The molecule has 1 aliphatic rings. The van der Waals surface area contributed by atoms with Crippen LogP contribution in [-0.2, 0) is 32.1 Å². The highest BCUT2D eigenvalue weighted by Gasteiger charge is 2.21. The minimum Gasteiger partial charge on any atom is -0.473 e. The van der Waals surface area contributed by atoms with Crippen LogP contribution in [0.2, 0.25) is 0 Å². The third-order valence-electron chi connectivity index (χ3n) is 3.53. The Kier molecular flexibility index (Phi) is 7.21. The molecule has 1 aliphatic heterocycles. The van der Waals surface area contributed by atoms with Gasteiger partial charge < -0.3 is 14.9 Å². The molecule has 2 N–H and O–H groups in total. The Morgan fingerprint density at radius 3 is 2.26 bits per heavy atom. The van der Waals surface area contributed by atoms with Crippen LogP contribution in [-0.4, -0.2) is 53.2 Å². The second-order valence-electron chi connectivity index (χ2n) is 5.29. The number of hydrogen-bond acceptors (Lipinski definition) is 5. The number of carboxylic acid groups (broad SMARTS) is 2. The molecule has 0 radical (unpaired) electrons. The average molecular weight is 323 g/mol. The first kappa shape index (κ1) is 18.6. The maximum atomic E-state index is 11.4. The Bertz CT molecular complexity index is 559. The van der Waals surface area contributed by atoms with Gasteiger partial charge >= 0.3 is 17.9 Å². The van der Waals surface area contributed by atoms with Crippen LogP contribution in [0.15, 0.2) is 24.3 Å². The van der Waals surface area contributed by atoms with Gasteiger partial charge in [-0.3, -0.25) is 9.69 Å². The topological polar surface area (TPSA) is 104 Å². The van der Waals surface area contributed by atoms with E-state index in [1.807, 2.05) is 6.92 Å². The first-order valence-corrected chi connectivity index (χ1v) is 7.18. The van der Waals surface area contributed by atoms with Gasteiger partial charge in [0.2, 0.25) is 0 Å². The predicted octanol–water partition coefficient (Wildman–Crippen LogP) is 1.01. The number of methoxy groups -OCH3 is 1. The van der Waals surface area contributed by atoms with Crippen molar-refractivity contribution in [1.29, 1.82) is 0 Å². The first-order chi connectivity index (χ1) is 10.8. The summed E-state index contributed by atoms with van der Waals surface area (Å²) in [5, 5.41) is 14.8. The molecule has 7 nitrogen and oxygen atoms in total. The van der Waals surface area contributed by atoms with E-state index in [1.165, 1.54) is 18.2 Å². The molecular formula is C16H21NO6. The lowest BCUT2D eigenvalue weighted by Gasteiger charge is -2.30. The van der Waals surface area contributed by atoms with E-state index in [-0.39, 0.29) is 11.9 Å². The summed E-state index contributed by atoms with van der Waals surface area (Å²) in [5.74, 6) is -3.82. The molecule has 0 saturated heterocycles. The van der Waals surface area contributed by atoms with Gasteiger partial charge in [0, 0.05) is 19.6 Å². The van der Waals surface area contributed by atoms with Crippen LogP contribution in [0.25, 0.3) is 0 Å². The lowest BCUT2D eigenvalue weighted by molar-refractivity contribution is -0.159. The largest absolute Gasteiger partial charge is 0.473 e. The van der Waals surface area contributed by atoms with Gasteiger partial charge in [-0.2, -0.15) is 0 Å². The SMILES string of the molecule is COC(=O)C(C)CN1CCc2ccccc2C1.O=C(O)C(=O)O. The van der Waals surface area contributed by atoms with Gasteiger partial charge in [0.25, 0.3) is 0 Å². The fourth-order valence-corrected chi connectivity index (χ4v) is 2.37. The van der Waals surface area contributed by atoms with Crippen LogP contribution in [0.1, 0.15) is 18.1 Å². The highest BCUT2D eigenvalue weighted by Crippen LogP contribution is 2.19. The number of benzene rings is 1. The number of carbonyl (C=O) groups excluding carboxylic acids is 1. The van der Waals surface area contributed by atoms with Gasteiger partial charge in [0.05, 0.1) is 13.0 Å². The third kappa shape index (κ3) is 6.07. The fourth-order valence-electron chi connectivity index (χ4n) is 2.37. The Hall–Kier alpha value is -2.41. The van der Waals surface area contributed by atoms with Crippen molar-refractivity contribution in [3.63, 3.8) is 0 Å². The summed E-state index contributed by atoms with van der Waals surface area (Å²) >= 11 is 0. The molecule has 1 heterocycles. The van der Waals surface area contributed by atoms with Gasteiger partial charge in [-0.05, 0) is 17.5 Å². The Morgan fingerprint density at radius 2 is 1.74 bits per heavy atom. The second-order valence-corrected chi connectivity index (χ2v) is 5.29. The zero-order valence-electron chi connectivity index (χ0n) is 13.2. The zero-order valence-corrected chi connectivity index (χ0v) is 13.2. The normalized spacial score (nSPS) is 14.7. The van der Waals surface area contributed by atoms with Gasteiger partial charge in [0.1, 0.15) is 0 Å². The third-order valence-corrected chi connectivity index (χ3v) is 3.53. The Morgan fingerprint density at radius 1 is 1.17 bits per heavy atom. The molecule has 1 aromatic rings. The molecule has 1 aromatic carbocycles. The van der Waals surface area contributed by atoms with E-state index in [1.54, 1.807) is 0 Å².